The molecule has 0 atom stereocenters. The van der Waals surface area contributed by atoms with Crippen molar-refractivity contribution >= 4 is 21.7 Å². The Hall–Kier alpha value is -1.56. The van der Waals surface area contributed by atoms with Gasteiger partial charge in [0, 0.05) is 11.4 Å². The van der Waals surface area contributed by atoms with E-state index in [4.69, 9.17) is 5.73 Å². The van der Waals surface area contributed by atoms with Gasteiger partial charge in [0.2, 0.25) is 0 Å². The number of hydrogen-bond donors (Lipinski definition) is 1. The maximum absolute atomic E-state index is 11.2. The number of anilines is 1. The molecule has 2 rings (SSSR count). The van der Waals surface area contributed by atoms with E-state index in [0.29, 0.717) is 16.4 Å². The molecule has 1 aromatic carbocycles. The molecule has 0 aliphatic carbocycles. The minimum atomic E-state index is 0.354. The largest absolute Gasteiger partial charge is 0.691 e. The second kappa shape index (κ2) is 3.54. The normalized spacial score (nSPS) is 10.5. The maximum Gasteiger partial charge on any atom is 0.264 e. The van der Waals surface area contributed by atoms with Crippen molar-refractivity contribution in [3.05, 3.63) is 39.6 Å². The van der Waals surface area contributed by atoms with Crippen molar-refractivity contribution in [1.29, 1.82) is 0 Å². The predicted molar refractivity (Wildman–Crippen MR) is 59.4 cm³/mol. The first kappa shape index (κ1) is 9.97. The Labute approximate surface area is 94.8 Å². The van der Waals surface area contributed by atoms with Crippen molar-refractivity contribution in [2.45, 2.75) is 6.92 Å². The number of aromatic nitrogens is 3. The lowest BCUT2D eigenvalue weighted by atomic mass is 10.3. The second-order valence-electron chi connectivity index (χ2n) is 3.12. The highest BCUT2D eigenvalue weighted by Gasteiger charge is 2.17. The molecule has 0 saturated heterocycles. The molecule has 0 bridgehead atoms. The molecule has 78 valence electrons. The van der Waals surface area contributed by atoms with E-state index in [1.165, 1.54) is 4.68 Å². The quantitative estimate of drug-likeness (QED) is 0.623. The molecular formula is C9H9BrN4O. The summed E-state index contributed by atoms with van der Waals surface area (Å²) in [6, 6.07) is 7.38. The highest BCUT2D eigenvalue weighted by molar-refractivity contribution is 9.10. The van der Waals surface area contributed by atoms with Crippen molar-refractivity contribution < 1.29 is 4.85 Å². The van der Waals surface area contributed by atoms with Crippen LogP contribution in [0.1, 0.15) is 5.69 Å². The van der Waals surface area contributed by atoms with Crippen LogP contribution in [0.5, 0.6) is 0 Å². The van der Waals surface area contributed by atoms with Crippen molar-refractivity contribution in [2.24, 2.45) is 0 Å². The third-order valence-corrected chi connectivity index (χ3v) is 2.66. The monoisotopic (exact) mass is 268 g/mol. The van der Waals surface area contributed by atoms with Gasteiger partial charge in [-0.1, -0.05) is 20.6 Å². The first-order valence-electron chi connectivity index (χ1n) is 4.30. The van der Waals surface area contributed by atoms with Gasteiger partial charge in [-0.3, -0.25) is 0 Å². The fraction of sp³-hybridized carbons (Fsp3) is 0.111. The SMILES string of the molecule is Cc1c(N)n(-c2ccc(Br)cc2)n[n+]1[O-]. The minimum Gasteiger partial charge on any atom is -0.691 e. The Balaban J connectivity index is 2.54. The molecule has 6 heteroatoms. The fourth-order valence-corrected chi connectivity index (χ4v) is 1.49. The summed E-state index contributed by atoms with van der Waals surface area (Å²) in [5.41, 5.74) is 6.90. The molecule has 0 saturated carbocycles. The van der Waals surface area contributed by atoms with Crippen molar-refractivity contribution in [2.75, 3.05) is 5.73 Å². The van der Waals surface area contributed by atoms with Crippen LogP contribution in [0.15, 0.2) is 28.7 Å². The van der Waals surface area contributed by atoms with Crippen LogP contribution in [-0.4, -0.2) is 9.90 Å². The average Bonchev–Trinajstić information content (AvgIpc) is 2.47. The zero-order valence-electron chi connectivity index (χ0n) is 8.01. The first-order valence-corrected chi connectivity index (χ1v) is 5.10. The van der Waals surface area contributed by atoms with Crippen molar-refractivity contribution in [3.8, 4) is 5.69 Å². The number of rotatable bonds is 1. The molecule has 5 nitrogen and oxygen atoms in total. The van der Waals surface area contributed by atoms with Crippen LogP contribution in [-0.2, 0) is 0 Å². The van der Waals surface area contributed by atoms with E-state index >= 15 is 0 Å². The van der Waals surface area contributed by atoms with Gasteiger partial charge in [-0.2, -0.15) is 0 Å². The van der Waals surface area contributed by atoms with Crippen molar-refractivity contribution in [1.82, 2.24) is 9.90 Å². The highest BCUT2D eigenvalue weighted by Crippen LogP contribution is 2.16. The second-order valence-corrected chi connectivity index (χ2v) is 4.04. The van der Waals surface area contributed by atoms with E-state index in [9.17, 15) is 5.21 Å². The Morgan fingerprint density at radius 3 is 2.47 bits per heavy atom. The molecule has 2 aromatic rings. The Kier molecular flexibility index (Phi) is 2.36. The molecule has 15 heavy (non-hydrogen) atoms. The van der Waals surface area contributed by atoms with Crippen LogP contribution < -0.4 is 10.6 Å². The summed E-state index contributed by atoms with van der Waals surface area (Å²) in [4.78, 5) is 0.511. The summed E-state index contributed by atoms with van der Waals surface area (Å²) in [5.74, 6) is 0.354. The summed E-state index contributed by atoms with van der Waals surface area (Å²) in [6.45, 7) is 1.63. The van der Waals surface area contributed by atoms with Gasteiger partial charge < -0.3 is 10.9 Å². The van der Waals surface area contributed by atoms with E-state index in [2.05, 4.69) is 21.1 Å². The lowest BCUT2D eigenvalue weighted by molar-refractivity contribution is -0.675. The number of nitrogens with two attached hydrogens (primary N) is 1. The molecule has 0 unspecified atom stereocenters. The van der Waals surface area contributed by atoms with Crippen LogP contribution in [0.25, 0.3) is 5.69 Å². The lowest BCUT2D eigenvalue weighted by Crippen LogP contribution is -2.31. The molecule has 0 fully saturated rings. The smallest absolute Gasteiger partial charge is 0.264 e. The molecule has 1 heterocycles. The fourth-order valence-electron chi connectivity index (χ4n) is 1.22. The van der Waals surface area contributed by atoms with Crippen molar-refractivity contribution in [3.63, 3.8) is 0 Å². The van der Waals surface area contributed by atoms with Crippen LogP contribution in [0.2, 0.25) is 0 Å². The highest BCUT2D eigenvalue weighted by atomic mass is 79.9. The first-order chi connectivity index (χ1) is 7.09. The summed E-state index contributed by atoms with van der Waals surface area (Å²) in [6.07, 6.45) is 0. The third-order valence-electron chi connectivity index (χ3n) is 2.13. The molecule has 0 amide bonds. The molecule has 0 aliphatic heterocycles. The molecule has 0 spiro atoms. The van der Waals surface area contributed by atoms with Crippen LogP contribution in [0.4, 0.5) is 5.82 Å². The van der Waals surface area contributed by atoms with Gasteiger partial charge in [0.15, 0.2) is 11.4 Å². The Bertz CT molecular complexity index is 492. The van der Waals surface area contributed by atoms with Gasteiger partial charge in [0.1, 0.15) is 5.21 Å². The third kappa shape index (κ3) is 1.68. The summed E-state index contributed by atoms with van der Waals surface area (Å²) >= 11 is 3.33. The average molecular weight is 269 g/mol. The van der Waals surface area contributed by atoms with Gasteiger partial charge in [0.05, 0.1) is 0 Å². The molecule has 2 N–H and O–H groups in total. The Morgan fingerprint density at radius 1 is 1.40 bits per heavy atom. The number of halogens is 1. The van der Waals surface area contributed by atoms with Crippen LogP contribution >= 0.6 is 15.9 Å². The van der Waals surface area contributed by atoms with Crippen LogP contribution in [0, 0.1) is 12.1 Å². The summed E-state index contributed by atoms with van der Waals surface area (Å²) < 4.78 is 2.37. The lowest BCUT2D eigenvalue weighted by Gasteiger charge is -1.95. The zero-order chi connectivity index (χ0) is 11.0. The maximum atomic E-state index is 11.2. The number of nitrogen functional groups attached to an aromatic ring is 1. The van der Waals surface area contributed by atoms with E-state index in [0.717, 1.165) is 10.2 Å². The van der Waals surface area contributed by atoms with E-state index in [1.54, 1.807) is 6.92 Å². The van der Waals surface area contributed by atoms with E-state index < -0.39 is 0 Å². The zero-order valence-corrected chi connectivity index (χ0v) is 9.60. The van der Waals surface area contributed by atoms with Gasteiger partial charge in [-0.25, -0.2) is 0 Å². The number of nitrogens with zero attached hydrogens (tertiary/aromatic N) is 3. The standard InChI is InChI=1S/C9H9BrN4O/c1-6-9(11)13(12-14(6)15)8-4-2-7(10)3-5-8/h2-5H,11H2,1H3. The minimum absolute atomic E-state index is 0.354. The number of benzene rings is 1. The van der Waals surface area contributed by atoms with E-state index in [-0.39, 0.29) is 0 Å². The van der Waals surface area contributed by atoms with Gasteiger partial charge in [-0.05, 0) is 24.3 Å². The van der Waals surface area contributed by atoms with E-state index in [1.807, 2.05) is 24.3 Å². The topological polar surface area (TPSA) is 70.8 Å². The molecule has 0 radical (unpaired) electrons. The predicted octanol–water partition coefficient (Wildman–Crippen LogP) is 1.16. The Morgan fingerprint density at radius 2 is 2.00 bits per heavy atom. The van der Waals surface area contributed by atoms with Gasteiger partial charge >= 0.3 is 0 Å². The molecular weight excluding hydrogens is 260 g/mol. The summed E-state index contributed by atoms with van der Waals surface area (Å²) in [5, 5.41) is 14.9. The van der Waals surface area contributed by atoms with Gasteiger partial charge in [0.25, 0.3) is 5.82 Å². The molecule has 0 aliphatic rings. The van der Waals surface area contributed by atoms with Gasteiger partial charge in [-0.15, -0.1) is 4.85 Å². The molecule has 1 aromatic heterocycles. The number of hydrogen-bond acceptors (Lipinski definition) is 3. The van der Waals surface area contributed by atoms with Crippen LogP contribution in [0.3, 0.4) is 0 Å². The summed E-state index contributed by atoms with van der Waals surface area (Å²) in [7, 11) is 0.